The molecule has 0 unspecified atom stereocenters. The summed E-state index contributed by atoms with van der Waals surface area (Å²) >= 11 is 0. The van der Waals surface area contributed by atoms with Gasteiger partial charge in [0.2, 0.25) is 0 Å². The van der Waals surface area contributed by atoms with Gasteiger partial charge in [0, 0.05) is 12.7 Å². The largest absolute Gasteiger partial charge is 0.380 e. The van der Waals surface area contributed by atoms with E-state index in [1.807, 2.05) is 0 Å². The lowest BCUT2D eigenvalue weighted by atomic mass is 10.1. The fourth-order valence-electron chi connectivity index (χ4n) is 1.53. The van der Waals surface area contributed by atoms with Crippen LogP contribution in [0.5, 0.6) is 0 Å². The number of aromatic nitrogens is 1. The van der Waals surface area contributed by atoms with E-state index in [-0.39, 0.29) is 12.1 Å². The first-order valence-corrected chi connectivity index (χ1v) is 5.22. The molecule has 2 aromatic rings. The van der Waals surface area contributed by atoms with Crippen LogP contribution in [-0.2, 0) is 6.54 Å². The first kappa shape index (κ1) is 12.0. The summed E-state index contributed by atoms with van der Waals surface area (Å²) in [6, 6.07) is 7.42. The summed E-state index contributed by atoms with van der Waals surface area (Å²) in [6.07, 6.45) is 2.60. The second kappa shape index (κ2) is 5.23. The van der Waals surface area contributed by atoms with Gasteiger partial charge in [0.05, 0.1) is 11.9 Å². The molecular weight excluding hydrogens is 236 g/mol. The van der Waals surface area contributed by atoms with Crippen LogP contribution >= 0.6 is 0 Å². The molecule has 2 rings (SSSR count). The second-order valence-corrected chi connectivity index (χ2v) is 3.64. The zero-order valence-corrected chi connectivity index (χ0v) is 9.32. The van der Waals surface area contributed by atoms with Crippen LogP contribution in [0.25, 0.3) is 0 Å². The van der Waals surface area contributed by atoms with Crippen molar-refractivity contribution >= 4 is 5.69 Å². The van der Waals surface area contributed by atoms with Gasteiger partial charge in [-0.15, -0.1) is 0 Å². The molecule has 0 spiro atoms. The molecule has 0 atom stereocenters. The molecule has 0 bridgehead atoms. The third-order valence-corrected chi connectivity index (χ3v) is 2.37. The summed E-state index contributed by atoms with van der Waals surface area (Å²) < 4.78 is 26.2. The van der Waals surface area contributed by atoms with E-state index in [9.17, 15) is 8.78 Å². The van der Waals surface area contributed by atoms with E-state index in [4.69, 9.17) is 5.26 Å². The zero-order chi connectivity index (χ0) is 13.0. The summed E-state index contributed by atoms with van der Waals surface area (Å²) in [5.74, 6) is -1.02. The number of pyridine rings is 1. The van der Waals surface area contributed by atoms with Crippen LogP contribution in [0.1, 0.15) is 11.1 Å². The number of hydrogen-bond acceptors (Lipinski definition) is 3. The maximum absolute atomic E-state index is 13.3. The molecule has 18 heavy (non-hydrogen) atoms. The van der Waals surface area contributed by atoms with Crippen molar-refractivity contribution in [3.63, 3.8) is 0 Å². The third kappa shape index (κ3) is 2.61. The van der Waals surface area contributed by atoms with E-state index in [1.54, 1.807) is 12.1 Å². The highest BCUT2D eigenvalue weighted by Gasteiger charge is 2.07. The Kier molecular flexibility index (Phi) is 3.49. The minimum Gasteiger partial charge on any atom is -0.380 e. The molecule has 1 aromatic carbocycles. The summed E-state index contributed by atoms with van der Waals surface area (Å²) in [5, 5.41) is 11.7. The van der Waals surface area contributed by atoms with Crippen molar-refractivity contribution in [3.05, 3.63) is 59.4 Å². The molecule has 1 N–H and O–H groups in total. The predicted octanol–water partition coefficient (Wildman–Crippen LogP) is 2.84. The summed E-state index contributed by atoms with van der Waals surface area (Å²) in [6.45, 7) is 0.267. The Labute approximate surface area is 103 Å². The van der Waals surface area contributed by atoms with Crippen molar-refractivity contribution in [3.8, 4) is 6.07 Å². The van der Waals surface area contributed by atoms with Crippen molar-refractivity contribution in [2.45, 2.75) is 6.54 Å². The predicted molar refractivity (Wildman–Crippen MR) is 62.6 cm³/mol. The number of halogens is 2. The minimum absolute atomic E-state index is 0.0538. The Hall–Kier alpha value is -2.48. The van der Waals surface area contributed by atoms with Gasteiger partial charge in [0.1, 0.15) is 23.3 Å². The van der Waals surface area contributed by atoms with E-state index < -0.39 is 11.6 Å². The van der Waals surface area contributed by atoms with Crippen molar-refractivity contribution in [1.29, 1.82) is 5.26 Å². The number of rotatable bonds is 3. The van der Waals surface area contributed by atoms with E-state index in [1.165, 1.54) is 24.4 Å². The molecule has 1 aromatic heterocycles. The van der Waals surface area contributed by atoms with Crippen LogP contribution in [0.2, 0.25) is 0 Å². The van der Waals surface area contributed by atoms with Crippen LogP contribution in [0.3, 0.4) is 0 Å². The number of nitriles is 1. The summed E-state index contributed by atoms with van der Waals surface area (Å²) in [5.41, 5.74) is 0.937. The molecule has 0 aliphatic rings. The average molecular weight is 245 g/mol. The van der Waals surface area contributed by atoms with Crippen molar-refractivity contribution in [2.24, 2.45) is 0 Å². The molecule has 1 heterocycles. The molecule has 0 saturated heterocycles. The standard InChI is InChI=1S/C13H9F2N3/c14-10-4-9(6-17-8-10)7-18-13-3-1-2-12(15)11(13)5-16/h1-4,6,8,18H,7H2. The average Bonchev–Trinajstić information content (AvgIpc) is 2.36. The second-order valence-electron chi connectivity index (χ2n) is 3.64. The highest BCUT2D eigenvalue weighted by atomic mass is 19.1. The molecule has 5 heteroatoms. The van der Waals surface area contributed by atoms with Gasteiger partial charge in [-0.1, -0.05) is 6.07 Å². The first-order valence-electron chi connectivity index (χ1n) is 5.22. The van der Waals surface area contributed by atoms with Crippen molar-refractivity contribution in [1.82, 2.24) is 4.98 Å². The van der Waals surface area contributed by atoms with E-state index in [0.29, 0.717) is 11.3 Å². The van der Waals surface area contributed by atoms with Gasteiger partial charge in [-0.05, 0) is 23.8 Å². The van der Waals surface area contributed by atoms with E-state index in [2.05, 4.69) is 10.3 Å². The Morgan fingerprint density at radius 3 is 2.83 bits per heavy atom. The lowest BCUT2D eigenvalue weighted by Crippen LogP contribution is -2.03. The smallest absolute Gasteiger partial charge is 0.143 e. The molecule has 0 aliphatic carbocycles. The fraction of sp³-hybridized carbons (Fsp3) is 0.0769. The maximum Gasteiger partial charge on any atom is 0.143 e. The van der Waals surface area contributed by atoms with E-state index in [0.717, 1.165) is 6.20 Å². The van der Waals surface area contributed by atoms with Crippen LogP contribution in [0, 0.1) is 23.0 Å². The first-order chi connectivity index (χ1) is 8.70. The fourth-order valence-corrected chi connectivity index (χ4v) is 1.53. The molecule has 3 nitrogen and oxygen atoms in total. The van der Waals surface area contributed by atoms with E-state index >= 15 is 0 Å². The Bertz CT molecular complexity index is 605. The van der Waals surface area contributed by atoms with Gasteiger partial charge in [-0.2, -0.15) is 5.26 Å². The normalized spacial score (nSPS) is 9.83. The Balaban J connectivity index is 2.16. The third-order valence-electron chi connectivity index (χ3n) is 2.37. The Morgan fingerprint density at radius 2 is 2.11 bits per heavy atom. The minimum atomic E-state index is -0.583. The number of hydrogen-bond donors (Lipinski definition) is 1. The van der Waals surface area contributed by atoms with Gasteiger partial charge in [0.15, 0.2) is 0 Å². The van der Waals surface area contributed by atoms with Crippen molar-refractivity contribution < 1.29 is 8.78 Å². The highest BCUT2D eigenvalue weighted by Crippen LogP contribution is 2.18. The molecule has 90 valence electrons. The topological polar surface area (TPSA) is 48.7 Å². The number of nitrogens with zero attached hydrogens (tertiary/aromatic N) is 2. The quantitative estimate of drug-likeness (QED) is 0.904. The molecule has 0 fully saturated rings. The molecule has 0 aliphatic heterocycles. The summed E-state index contributed by atoms with van der Waals surface area (Å²) in [4.78, 5) is 3.70. The number of anilines is 1. The lowest BCUT2D eigenvalue weighted by molar-refractivity contribution is 0.618. The lowest BCUT2D eigenvalue weighted by Gasteiger charge is -2.08. The van der Waals surface area contributed by atoms with Gasteiger partial charge in [-0.3, -0.25) is 4.98 Å². The van der Waals surface area contributed by atoms with Crippen LogP contribution < -0.4 is 5.32 Å². The molecule has 0 amide bonds. The maximum atomic E-state index is 13.3. The monoisotopic (exact) mass is 245 g/mol. The van der Waals surface area contributed by atoms with Crippen LogP contribution in [-0.4, -0.2) is 4.98 Å². The summed E-state index contributed by atoms with van der Waals surface area (Å²) in [7, 11) is 0. The van der Waals surface area contributed by atoms with Gasteiger partial charge < -0.3 is 5.32 Å². The molecule has 0 radical (unpaired) electrons. The zero-order valence-electron chi connectivity index (χ0n) is 9.32. The van der Waals surface area contributed by atoms with Crippen molar-refractivity contribution in [2.75, 3.05) is 5.32 Å². The highest BCUT2D eigenvalue weighted by molar-refractivity contribution is 5.57. The van der Waals surface area contributed by atoms with Gasteiger partial charge in [-0.25, -0.2) is 8.78 Å². The SMILES string of the molecule is N#Cc1c(F)cccc1NCc1cncc(F)c1. The molecule has 0 saturated carbocycles. The van der Waals surface area contributed by atoms with Gasteiger partial charge >= 0.3 is 0 Å². The van der Waals surface area contributed by atoms with Crippen LogP contribution in [0.4, 0.5) is 14.5 Å². The van der Waals surface area contributed by atoms with Gasteiger partial charge in [0.25, 0.3) is 0 Å². The number of nitrogens with one attached hydrogen (secondary N) is 1. The Morgan fingerprint density at radius 1 is 1.28 bits per heavy atom. The number of benzene rings is 1. The molecular formula is C13H9F2N3. The van der Waals surface area contributed by atoms with Crippen LogP contribution in [0.15, 0.2) is 36.7 Å².